The van der Waals surface area contributed by atoms with E-state index in [1.54, 1.807) is 6.92 Å². The van der Waals surface area contributed by atoms with Gasteiger partial charge in [-0.2, -0.15) is 5.26 Å². The normalized spacial score (nSPS) is 21.2. The average molecular weight is 347 g/mol. The molecule has 0 spiro atoms. The van der Waals surface area contributed by atoms with E-state index in [9.17, 15) is 10.1 Å². The number of amides is 1. The highest BCUT2D eigenvalue weighted by atomic mass is 32.2. The monoisotopic (exact) mass is 347 g/mol. The minimum absolute atomic E-state index is 0.0419. The van der Waals surface area contributed by atoms with Gasteiger partial charge in [-0.25, -0.2) is 0 Å². The highest BCUT2D eigenvalue weighted by Gasteiger charge is 2.37. The molecule has 2 fully saturated rings. The number of nitrogens with one attached hydrogen (secondary N) is 1. The molecule has 1 aromatic rings. The molecule has 6 nitrogen and oxygen atoms in total. The van der Waals surface area contributed by atoms with Gasteiger partial charge in [0.1, 0.15) is 11.4 Å². The molecule has 0 radical (unpaired) electrons. The number of hydrogen-bond donors (Lipinski definition) is 1. The fourth-order valence-corrected chi connectivity index (χ4v) is 3.46. The molecular weight excluding hydrogens is 322 g/mol. The van der Waals surface area contributed by atoms with Crippen LogP contribution in [0.1, 0.15) is 71.2 Å². The van der Waals surface area contributed by atoms with Crippen molar-refractivity contribution >= 4 is 17.7 Å². The van der Waals surface area contributed by atoms with Crippen LogP contribution in [-0.4, -0.2) is 31.5 Å². The first-order chi connectivity index (χ1) is 11.4. The van der Waals surface area contributed by atoms with Crippen LogP contribution in [0.25, 0.3) is 0 Å². The summed E-state index contributed by atoms with van der Waals surface area (Å²) in [5, 5.41) is 21.5. The van der Waals surface area contributed by atoms with Gasteiger partial charge in [-0.15, -0.1) is 10.2 Å². The first-order valence-electron chi connectivity index (χ1n) is 8.70. The summed E-state index contributed by atoms with van der Waals surface area (Å²) in [5.41, 5.74) is -0.852. The molecule has 3 rings (SSSR count). The van der Waals surface area contributed by atoms with Crippen molar-refractivity contribution in [2.45, 2.75) is 81.3 Å². The fraction of sp³-hybridized carbons (Fsp3) is 0.765. The lowest BCUT2D eigenvalue weighted by Crippen LogP contribution is -2.51. The summed E-state index contributed by atoms with van der Waals surface area (Å²) in [6, 6.07) is 2.73. The lowest BCUT2D eigenvalue weighted by atomic mass is 9.90. The lowest BCUT2D eigenvalue weighted by Gasteiger charge is -2.28. The van der Waals surface area contributed by atoms with Gasteiger partial charge in [0.15, 0.2) is 5.16 Å². The molecule has 7 heteroatoms. The molecule has 24 heavy (non-hydrogen) atoms. The Kier molecular flexibility index (Phi) is 4.60. The summed E-state index contributed by atoms with van der Waals surface area (Å²) >= 11 is 1.44. The van der Waals surface area contributed by atoms with Crippen LogP contribution in [0.3, 0.4) is 0 Å². The summed E-state index contributed by atoms with van der Waals surface area (Å²) in [7, 11) is 0. The van der Waals surface area contributed by atoms with Crippen molar-refractivity contribution in [3.8, 4) is 6.07 Å². The first-order valence-corrected chi connectivity index (χ1v) is 9.58. The topological polar surface area (TPSA) is 83.6 Å². The molecule has 1 heterocycles. The Balaban J connectivity index is 1.70. The number of carbonyl (C=O) groups excluding carboxylic acids is 1. The predicted molar refractivity (Wildman–Crippen MR) is 92.6 cm³/mol. The van der Waals surface area contributed by atoms with Crippen molar-refractivity contribution in [1.82, 2.24) is 20.1 Å². The summed E-state index contributed by atoms with van der Waals surface area (Å²) in [6.07, 6.45) is 4.73. The molecule has 0 aromatic carbocycles. The third-order valence-electron chi connectivity index (χ3n) is 4.97. The van der Waals surface area contributed by atoms with Gasteiger partial charge in [0, 0.05) is 12.0 Å². The zero-order chi connectivity index (χ0) is 17.5. The number of carbonyl (C=O) groups is 1. The van der Waals surface area contributed by atoms with Gasteiger partial charge in [-0.05, 0) is 45.4 Å². The molecule has 0 bridgehead atoms. The number of nitriles is 1. The van der Waals surface area contributed by atoms with Crippen LogP contribution >= 0.6 is 11.8 Å². The maximum absolute atomic E-state index is 12.5. The van der Waals surface area contributed by atoms with Crippen LogP contribution in [0.2, 0.25) is 0 Å². The number of hydrogen-bond acceptors (Lipinski definition) is 5. The maximum atomic E-state index is 12.5. The summed E-state index contributed by atoms with van der Waals surface area (Å²) < 4.78 is 2.25. The Labute approximate surface area is 147 Å². The van der Waals surface area contributed by atoms with Crippen molar-refractivity contribution < 1.29 is 4.79 Å². The van der Waals surface area contributed by atoms with Gasteiger partial charge < -0.3 is 9.88 Å². The van der Waals surface area contributed by atoms with E-state index in [0.29, 0.717) is 12.0 Å². The van der Waals surface area contributed by atoms with Gasteiger partial charge >= 0.3 is 0 Å². The second-order valence-electron chi connectivity index (χ2n) is 7.43. The Morgan fingerprint density at radius 2 is 2.00 bits per heavy atom. The smallest absolute Gasteiger partial charge is 0.234 e. The van der Waals surface area contributed by atoms with Gasteiger partial charge in [-0.1, -0.05) is 25.6 Å². The number of thioether (sulfide) groups is 1. The van der Waals surface area contributed by atoms with Gasteiger partial charge in [0.25, 0.3) is 0 Å². The highest BCUT2D eigenvalue weighted by Crippen LogP contribution is 2.46. The molecule has 2 atom stereocenters. The zero-order valence-electron chi connectivity index (χ0n) is 14.7. The molecule has 2 aliphatic rings. The molecule has 0 saturated heterocycles. The minimum Gasteiger partial charge on any atom is -0.337 e. The van der Waals surface area contributed by atoms with Crippen molar-refractivity contribution in [2.75, 3.05) is 0 Å². The first kappa shape index (κ1) is 17.3. The SMILES string of the molecule is CC(C)[C@](C)(C#N)NC(=O)[C@H](C)Sc1nnc(C2CC2)n1C1CC1. The van der Waals surface area contributed by atoms with E-state index in [1.165, 1.54) is 37.4 Å². The molecule has 2 saturated carbocycles. The van der Waals surface area contributed by atoms with Gasteiger partial charge in [-0.3, -0.25) is 4.79 Å². The highest BCUT2D eigenvalue weighted by molar-refractivity contribution is 8.00. The minimum atomic E-state index is -0.852. The zero-order valence-corrected chi connectivity index (χ0v) is 15.6. The molecule has 0 unspecified atom stereocenters. The van der Waals surface area contributed by atoms with Gasteiger partial charge in [0.2, 0.25) is 5.91 Å². The second kappa shape index (κ2) is 6.40. The molecular formula is C17H25N5OS. The summed E-state index contributed by atoms with van der Waals surface area (Å²) in [6.45, 7) is 7.51. The van der Waals surface area contributed by atoms with E-state index in [0.717, 1.165) is 11.0 Å². The largest absolute Gasteiger partial charge is 0.337 e. The Morgan fingerprint density at radius 3 is 2.50 bits per heavy atom. The number of nitrogens with zero attached hydrogens (tertiary/aromatic N) is 4. The van der Waals surface area contributed by atoms with Crippen molar-refractivity contribution in [1.29, 1.82) is 5.26 Å². The third kappa shape index (κ3) is 3.44. The Morgan fingerprint density at radius 1 is 1.33 bits per heavy atom. The van der Waals surface area contributed by atoms with E-state index in [4.69, 9.17) is 0 Å². The van der Waals surface area contributed by atoms with E-state index >= 15 is 0 Å². The second-order valence-corrected chi connectivity index (χ2v) is 8.74. The van der Waals surface area contributed by atoms with Crippen LogP contribution in [0.15, 0.2) is 5.16 Å². The van der Waals surface area contributed by atoms with Crippen molar-refractivity contribution in [3.05, 3.63) is 5.82 Å². The standard InChI is InChI=1S/C17H25N5OS/c1-10(2)17(4,9-18)19-15(23)11(3)24-16-21-20-14(12-5-6-12)22(16)13-7-8-13/h10-13H,5-8H2,1-4H3,(H,19,23)/t11-,17-/m0/s1. The quantitative estimate of drug-likeness (QED) is 0.767. The molecule has 0 aliphatic heterocycles. The van der Waals surface area contributed by atoms with E-state index < -0.39 is 5.54 Å². The van der Waals surface area contributed by atoms with Crippen molar-refractivity contribution in [3.63, 3.8) is 0 Å². The number of rotatable bonds is 7. The van der Waals surface area contributed by atoms with Crippen LogP contribution in [0.4, 0.5) is 0 Å². The fourth-order valence-electron chi connectivity index (χ4n) is 2.54. The van der Waals surface area contributed by atoms with Crippen LogP contribution in [0.5, 0.6) is 0 Å². The Bertz CT molecular complexity index is 671. The predicted octanol–water partition coefficient (Wildman–Crippen LogP) is 3.03. The molecule has 1 aromatic heterocycles. The maximum Gasteiger partial charge on any atom is 0.234 e. The van der Waals surface area contributed by atoms with E-state index in [1.807, 2.05) is 20.8 Å². The van der Waals surface area contributed by atoms with Crippen molar-refractivity contribution in [2.24, 2.45) is 5.92 Å². The van der Waals surface area contributed by atoms with Crippen LogP contribution < -0.4 is 5.32 Å². The van der Waals surface area contributed by atoms with E-state index in [2.05, 4.69) is 26.2 Å². The van der Waals surface area contributed by atoms with Crippen LogP contribution in [0, 0.1) is 17.2 Å². The molecule has 1 N–H and O–H groups in total. The average Bonchev–Trinajstić information content (AvgIpc) is 3.46. The molecule has 1 amide bonds. The molecule has 2 aliphatic carbocycles. The van der Waals surface area contributed by atoms with E-state index in [-0.39, 0.29) is 17.1 Å². The summed E-state index contributed by atoms with van der Waals surface area (Å²) in [4.78, 5) is 12.5. The third-order valence-corrected chi connectivity index (χ3v) is 6.02. The van der Waals surface area contributed by atoms with Gasteiger partial charge in [0.05, 0.1) is 11.3 Å². The Hall–Kier alpha value is -1.55. The lowest BCUT2D eigenvalue weighted by molar-refractivity contribution is -0.121. The number of aromatic nitrogens is 3. The molecule has 130 valence electrons. The van der Waals surface area contributed by atoms with Crippen LogP contribution in [-0.2, 0) is 4.79 Å². The summed E-state index contributed by atoms with van der Waals surface area (Å²) in [5.74, 6) is 1.56.